The van der Waals surface area contributed by atoms with Crippen LogP contribution in [-0.4, -0.2) is 14.9 Å². The minimum atomic E-state index is -1.62. The molecule has 0 saturated carbocycles. The first-order chi connectivity index (χ1) is 12.8. The SMILES string of the molecule is CC(C)=CCC/C(C)=C/CC/C(C)=C/CC/C(C)=C\CO[Si](C)(C)C(C)(C)C. The van der Waals surface area contributed by atoms with Crippen LogP contribution < -0.4 is 0 Å². The first-order valence-electron chi connectivity index (χ1n) is 11.1. The highest BCUT2D eigenvalue weighted by atomic mass is 28.4. The van der Waals surface area contributed by atoms with Gasteiger partial charge in [-0.1, -0.05) is 67.4 Å². The maximum atomic E-state index is 6.25. The molecule has 0 atom stereocenters. The molecule has 0 fully saturated rings. The van der Waals surface area contributed by atoms with Gasteiger partial charge in [0.25, 0.3) is 0 Å². The first kappa shape index (κ1) is 27.1. The highest BCUT2D eigenvalue weighted by Crippen LogP contribution is 2.36. The fraction of sp³-hybridized carbons (Fsp3) is 0.692. The number of rotatable bonds is 12. The Morgan fingerprint density at radius 1 is 0.679 bits per heavy atom. The standard InChI is InChI=1S/C26H48OSi/c1-22(2)14-11-15-23(3)16-12-17-24(4)18-13-19-25(5)20-21-27-28(9,10)26(6,7)8/h14,16,18,20H,11-13,15,17,19,21H2,1-10H3/b23-16+,24-18+,25-20-. The van der Waals surface area contributed by atoms with E-state index in [0.717, 1.165) is 25.9 Å². The third-order valence-corrected chi connectivity index (χ3v) is 10.3. The van der Waals surface area contributed by atoms with Crippen LogP contribution in [0.25, 0.3) is 0 Å². The summed E-state index contributed by atoms with van der Waals surface area (Å²) in [5, 5.41) is 0.285. The predicted molar refractivity (Wildman–Crippen MR) is 132 cm³/mol. The van der Waals surface area contributed by atoms with Crippen molar-refractivity contribution >= 4 is 8.32 Å². The van der Waals surface area contributed by atoms with Crippen LogP contribution >= 0.6 is 0 Å². The topological polar surface area (TPSA) is 9.23 Å². The van der Waals surface area contributed by atoms with Gasteiger partial charge >= 0.3 is 0 Å². The molecule has 0 aromatic carbocycles. The van der Waals surface area contributed by atoms with Gasteiger partial charge in [-0.3, -0.25) is 0 Å². The third-order valence-electron chi connectivity index (χ3n) is 5.84. The molecule has 0 aromatic rings. The lowest BCUT2D eigenvalue weighted by Crippen LogP contribution is -2.40. The van der Waals surface area contributed by atoms with Gasteiger partial charge in [0.05, 0.1) is 6.61 Å². The Kier molecular flexibility index (Phi) is 13.0. The lowest BCUT2D eigenvalue weighted by atomic mass is 10.0. The Morgan fingerprint density at radius 3 is 1.46 bits per heavy atom. The van der Waals surface area contributed by atoms with Gasteiger partial charge in [-0.25, -0.2) is 0 Å². The third kappa shape index (κ3) is 13.3. The van der Waals surface area contributed by atoms with E-state index in [1.165, 1.54) is 41.6 Å². The van der Waals surface area contributed by atoms with Crippen LogP contribution in [0.5, 0.6) is 0 Å². The van der Waals surface area contributed by atoms with Crippen molar-refractivity contribution in [1.82, 2.24) is 0 Å². The second-order valence-corrected chi connectivity index (χ2v) is 14.9. The molecule has 1 nitrogen and oxygen atoms in total. The Labute approximate surface area is 178 Å². The van der Waals surface area contributed by atoms with Crippen molar-refractivity contribution in [3.63, 3.8) is 0 Å². The number of hydrogen-bond donors (Lipinski definition) is 0. The summed E-state index contributed by atoms with van der Waals surface area (Å²) < 4.78 is 6.25. The number of allylic oxidation sites excluding steroid dienone is 7. The summed E-state index contributed by atoms with van der Waals surface area (Å²) in [6.07, 6.45) is 16.4. The minimum Gasteiger partial charge on any atom is -0.413 e. The summed E-state index contributed by atoms with van der Waals surface area (Å²) in [5.41, 5.74) is 5.89. The van der Waals surface area contributed by atoms with Gasteiger partial charge in [0, 0.05) is 0 Å². The molecule has 0 N–H and O–H groups in total. The minimum absolute atomic E-state index is 0.285. The quantitative estimate of drug-likeness (QED) is 0.233. The van der Waals surface area contributed by atoms with Gasteiger partial charge in [0.2, 0.25) is 0 Å². The van der Waals surface area contributed by atoms with E-state index in [1.54, 1.807) is 0 Å². The maximum absolute atomic E-state index is 6.25. The van der Waals surface area contributed by atoms with Crippen molar-refractivity contribution in [3.8, 4) is 0 Å². The summed E-state index contributed by atoms with van der Waals surface area (Å²) in [4.78, 5) is 0. The molecule has 0 rings (SSSR count). The molecule has 0 aliphatic rings. The molecule has 0 heterocycles. The first-order valence-corrected chi connectivity index (χ1v) is 14.0. The van der Waals surface area contributed by atoms with E-state index in [1.807, 2.05) is 0 Å². The second-order valence-electron chi connectivity index (χ2n) is 10.1. The molecule has 0 aromatic heterocycles. The Hall–Kier alpha value is -0.863. The average molecular weight is 405 g/mol. The summed E-state index contributed by atoms with van der Waals surface area (Å²) in [6.45, 7) is 23.4. The highest BCUT2D eigenvalue weighted by molar-refractivity contribution is 6.74. The molecular formula is C26H48OSi. The van der Waals surface area contributed by atoms with Crippen molar-refractivity contribution in [2.75, 3.05) is 6.61 Å². The smallest absolute Gasteiger partial charge is 0.192 e. The van der Waals surface area contributed by atoms with Gasteiger partial charge in [-0.05, 0) is 91.3 Å². The van der Waals surface area contributed by atoms with Crippen LogP contribution in [0.1, 0.15) is 93.9 Å². The van der Waals surface area contributed by atoms with Crippen LogP contribution in [-0.2, 0) is 4.43 Å². The Bertz CT molecular complexity index is 564. The molecule has 0 amide bonds. The van der Waals surface area contributed by atoms with Crippen molar-refractivity contribution in [3.05, 3.63) is 46.6 Å². The zero-order valence-corrected chi connectivity index (χ0v) is 21.7. The molecule has 0 spiro atoms. The Balaban J connectivity index is 4.18. The van der Waals surface area contributed by atoms with E-state index in [4.69, 9.17) is 4.43 Å². The largest absolute Gasteiger partial charge is 0.413 e. The lowest BCUT2D eigenvalue weighted by Gasteiger charge is -2.35. The summed E-state index contributed by atoms with van der Waals surface area (Å²) in [7, 11) is -1.62. The molecule has 28 heavy (non-hydrogen) atoms. The maximum Gasteiger partial charge on any atom is 0.192 e. The van der Waals surface area contributed by atoms with Crippen molar-refractivity contribution in [2.45, 2.75) is 112 Å². The normalized spacial score (nSPS) is 14.4. The van der Waals surface area contributed by atoms with Crippen molar-refractivity contribution < 1.29 is 4.43 Å². The van der Waals surface area contributed by atoms with E-state index in [0.29, 0.717) is 0 Å². The summed E-state index contributed by atoms with van der Waals surface area (Å²) in [6, 6.07) is 0. The monoisotopic (exact) mass is 404 g/mol. The second kappa shape index (κ2) is 13.4. The van der Waals surface area contributed by atoms with E-state index < -0.39 is 8.32 Å². The van der Waals surface area contributed by atoms with Gasteiger partial charge < -0.3 is 4.43 Å². The Morgan fingerprint density at radius 2 is 1.07 bits per heavy atom. The van der Waals surface area contributed by atoms with Crippen LogP contribution in [0.15, 0.2) is 46.6 Å². The molecular weight excluding hydrogens is 356 g/mol. The summed E-state index contributed by atoms with van der Waals surface area (Å²) in [5.74, 6) is 0. The van der Waals surface area contributed by atoms with E-state index in [2.05, 4.69) is 92.8 Å². The molecule has 0 aliphatic carbocycles. The zero-order valence-electron chi connectivity index (χ0n) is 20.7. The molecule has 0 bridgehead atoms. The van der Waals surface area contributed by atoms with Crippen molar-refractivity contribution in [2.24, 2.45) is 0 Å². The average Bonchev–Trinajstić information content (AvgIpc) is 2.53. The molecule has 162 valence electrons. The summed E-state index contributed by atoms with van der Waals surface area (Å²) >= 11 is 0. The van der Waals surface area contributed by atoms with Gasteiger partial charge in [0.1, 0.15) is 0 Å². The van der Waals surface area contributed by atoms with Crippen LogP contribution in [0, 0.1) is 0 Å². The molecule has 0 saturated heterocycles. The molecule has 0 radical (unpaired) electrons. The van der Waals surface area contributed by atoms with Gasteiger partial charge in [0.15, 0.2) is 8.32 Å². The zero-order chi connectivity index (χ0) is 21.8. The molecule has 2 heteroatoms. The molecule has 0 unspecified atom stereocenters. The fourth-order valence-corrected chi connectivity index (χ4v) is 3.53. The predicted octanol–water partition coefficient (Wildman–Crippen LogP) is 9.15. The van der Waals surface area contributed by atoms with Crippen LogP contribution in [0.2, 0.25) is 18.1 Å². The van der Waals surface area contributed by atoms with Crippen molar-refractivity contribution in [1.29, 1.82) is 0 Å². The van der Waals surface area contributed by atoms with Crippen LogP contribution in [0.4, 0.5) is 0 Å². The number of hydrogen-bond acceptors (Lipinski definition) is 1. The van der Waals surface area contributed by atoms with E-state index >= 15 is 0 Å². The van der Waals surface area contributed by atoms with E-state index in [-0.39, 0.29) is 5.04 Å². The van der Waals surface area contributed by atoms with Crippen LogP contribution in [0.3, 0.4) is 0 Å². The van der Waals surface area contributed by atoms with Gasteiger partial charge in [-0.2, -0.15) is 0 Å². The van der Waals surface area contributed by atoms with Gasteiger partial charge in [-0.15, -0.1) is 0 Å². The van der Waals surface area contributed by atoms with E-state index in [9.17, 15) is 0 Å². The highest BCUT2D eigenvalue weighted by Gasteiger charge is 2.36. The lowest BCUT2D eigenvalue weighted by molar-refractivity contribution is 0.327. The fourth-order valence-electron chi connectivity index (χ4n) is 2.60. The molecule has 0 aliphatic heterocycles.